The second-order valence-corrected chi connectivity index (χ2v) is 5.14. The van der Waals surface area contributed by atoms with Crippen LogP contribution in [-0.4, -0.2) is 43.5 Å². The summed E-state index contributed by atoms with van der Waals surface area (Å²) >= 11 is 6.17. The predicted octanol–water partition coefficient (Wildman–Crippen LogP) is -1.22. The van der Waals surface area contributed by atoms with Crippen LogP contribution in [0.1, 0.15) is 13.2 Å². The Balaban J connectivity index is 2.45. The van der Waals surface area contributed by atoms with E-state index in [-0.39, 0.29) is 0 Å². The number of aromatic amines is 1. The molecule has 18 heavy (non-hydrogen) atoms. The van der Waals surface area contributed by atoms with Gasteiger partial charge >= 0.3 is 5.69 Å². The van der Waals surface area contributed by atoms with Crippen LogP contribution in [0.15, 0.2) is 21.9 Å². The molecule has 1 aromatic heterocycles. The van der Waals surface area contributed by atoms with Gasteiger partial charge in [0.2, 0.25) is 0 Å². The van der Waals surface area contributed by atoms with Crippen molar-refractivity contribution < 1.29 is 14.9 Å². The highest BCUT2D eigenvalue weighted by Crippen LogP contribution is 2.42. The van der Waals surface area contributed by atoms with Gasteiger partial charge in [-0.1, -0.05) is 0 Å². The maximum Gasteiger partial charge on any atom is 0.330 e. The van der Waals surface area contributed by atoms with Crippen molar-refractivity contribution in [1.29, 1.82) is 0 Å². The molecule has 7 nitrogen and oxygen atoms in total. The molecule has 0 aliphatic carbocycles. The minimum absolute atomic E-state index is 0.419. The lowest BCUT2D eigenvalue weighted by molar-refractivity contribution is -0.0470. The van der Waals surface area contributed by atoms with E-state index in [2.05, 4.69) is 4.98 Å². The van der Waals surface area contributed by atoms with E-state index in [0.717, 1.165) is 10.6 Å². The predicted molar refractivity (Wildman–Crippen MR) is 62.6 cm³/mol. The number of H-pyrrole nitrogens is 1. The monoisotopic (exact) mass is 276 g/mol. The number of hydrogen-bond donors (Lipinski definition) is 3. The number of ether oxygens (including phenoxy) is 1. The first-order valence-corrected chi connectivity index (χ1v) is 5.70. The number of aromatic nitrogens is 2. The van der Waals surface area contributed by atoms with Crippen LogP contribution in [0.2, 0.25) is 0 Å². The van der Waals surface area contributed by atoms with Gasteiger partial charge in [0, 0.05) is 12.3 Å². The smallest absolute Gasteiger partial charge is 0.330 e. The third-order valence-corrected chi connectivity index (χ3v) is 3.41. The van der Waals surface area contributed by atoms with Gasteiger partial charge in [-0.15, -0.1) is 11.6 Å². The molecule has 4 atom stereocenters. The second-order valence-electron chi connectivity index (χ2n) is 4.32. The number of nitrogens with one attached hydrogen (secondary N) is 1. The maximum absolute atomic E-state index is 11.6. The lowest BCUT2D eigenvalue weighted by atomic mass is 10.0. The molecule has 3 N–H and O–H groups in total. The van der Waals surface area contributed by atoms with Crippen molar-refractivity contribution in [1.82, 2.24) is 9.55 Å². The molecule has 3 unspecified atom stereocenters. The molecule has 1 fully saturated rings. The van der Waals surface area contributed by atoms with E-state index in [4.69, 9.17) is 21.4 Å². The number of halogens is 1. The fourth-order valence-corrected chi connectivity index (χ4v) is 2.27. The van der Waals surface area contributed by atoms with Gasteiger partial charge in [-0.25, -0.2) is 4.79 Å². The molecular weight excluding hydrogens is 264 g/mol. The Morgan fingerprint density at radius 3 is 2.78 bits per heavy atom. The van der Waals surface area contributed by atoms with Crippen LogP contribution in [0.4, 0.5) is 0 Å². The molecule has 0 bridgehead atoms. The molecule has 1 aromatic rings. The molecular formula is C10H13ClN2O5. The maximum atomic E-state index is 11.6. The van der Waals surface area contributed by atoms with E-state index in [9.17, 15) is 14.7 Å². The zero-order valence-corrected chi connectivity index (χ0v) is 10.3. The molecule has 1 saturated heterocycles. The van der Waals surface area contributed by atoms with Crippen LogP contribution in [0.25, 0.3) is 0 Å². The highest BCUT2D eigenvalue weighted by molar-refractivity contribution is 6.24. The molecule has 8 heteroatoms. The number of nitrogens with zero attached hydrogens (tertiary/aromatic N) is 1. The standard InChI is InChI=1S/C10H13ClN2O5/c1-10(11)7(16)5(4-14)18-8(10)13-3-2-6(15)12-9(13)17/h2-3,5,7-8,14,16H,4H2,1H3,(H,12,15,17)/t5?,7?,8?,10-/m1/s1. The summed E-state index contributed by atoms with van der Waals surface area (Å²) in [6.07, 6.45) is -1.75. The van der Waals surface area contributed by atoms with Gasteiger partial charge < -0.3 is 14.9 Å². The summed E-state index contributed by atoms with van der Waals surface area (Å²) in [6.45, 7) is 1.08. The van der Waals surface area contributed by atoms with E-state index < -0.39 is 41.2 Å². The van der Waals surface area contributed by atoms with Gasteiger partial charge in [-0.2, -0.15) is 0 Å². The van der Waals surface area contributed by atoms with Crippen molar-refractivity contribution in [3.8, 4) is 0 Å². The van der Waals surface area contributed by atoms with E-state index in [1.54, 1.807) is 0 Å². The zero-order valence-electron chi connectivity index (χ0n) is 9.54. The Bertz CT molecular complexity index is 552. The number of hydrogen-bond acceptors (Lipinski definition) is 5. The average Bonchev–Trinajstić information content (AvgIpc) is 2.52. The first kappa shape index (κ1) is 13.3. The molecule has 0 radical (unpaired) electrons. The van der Waals surface area contributed by atoms with Gasteiger partial charge in [-0.05, 0) is 6.92 Å². The zero-order chi connectivity index (χ0) is 13.5. The van der Waals surface area contributed by atoms with Crippen molar-refractivity contribution in [2.45, 2.75) is 30.2 Å². The summed E-state index contributed by atoms with van der Waals surface area (Å²) in [7, 11) is 0. The summed E-state index contributed by atoms with van der Waals surface area (Å²) in [5.74, 6) is 0. The first-order valence-electron chi connectivity index (χ1n) is 5.32. The van der Waals surface area contributed by atoms with Crippen molar-refractivity contribution in [2.24, 2.45) is 0 Å². The highest BCUT2D eigenvalue weighted by atomic mass is 35.5. The Morgan fingerprint density at radius 2 is 2.28 bits per heavy atom. The van der Waals surface area contributed by atoms with E-state index in [1.807, 2.05) is 0 Å². The van der Waals surface area contributed by atoms with Gasteiger partial charge in [0.15, 0.2) is 6.23 Å². The summed E-state index contributed by atoms with van der Waals surface area (Å²) in [4.78, 5) is 23.4. The highest BCUT2D eigenvalue weighted by Gasteiger charge is 2.53. The minimum atomic E-state index is -1.28. The SMILES string of the molecule is C[C@@]1(Cl)C(O)C(CO)OC1n1ccc(=O)[nH]c1=O. The van der Waals surface area contributed by atoms with Gasteiger partial charge in [0.1, 0.15) is 17.1 Å². The van der Waals surface area contributed by atoms with E-state index in [1.165, 1.54) is 13.1 Å². The van der Waals surface area contributed by atoms with E-state index >= 15 is 0 Å². The topological polar surface area (TPSA) is 105 Å². The lowest BCUT2D eigenvalue weighted by Gasteiger charge is -2.26. The second kappa shape index (κ2) is 4.51. The normalized spacial score (nSPS) is 35.9. The molecule has 0 amide bonds. The van der Waals surface area contributed by atoms with Gasteiger partial charge in [-0.3, -0.25) is 14.3 Å². The van der Waals surface area contributed by atoms with Crippen molar-refractivity contribution in [3.63, 3.8) is 0 Å². The summed E-state index contributed by atoms with van der Waals surface area (Å²) < 4.78 is 6.43. The number of aliphatic hydroxyl groups is 2. The Labute approximate surface area is 107 Å². The average molecular weight is 277 g/mol. The molecule has 2 rings (SSSR count). The summed E-state index contributed by atoms with van der Waals surface area (Å²) in [5.41, 5.74) is -1.23. The Kier molecular flexibility index (Phi) is 3.33. The molecule has 2 heterocycles. The minimum Gasteiger partial charge on any atom is -0.394 e. The van der Waals surface area contributed by atoms with Crippen molar-refractivity contribution in [3.05, 3.63) is 33.1 Å². The third kappa shape index (κ3) is 1.99. The van der Waals surface area contributed by atoms with Crippen LogP contribution in [0.3, 0.4) is 0 Å². The lowest BCUT2D eigenvalue weighted by Crippen LogP contribution is -2.42. The number of alkyl halides is 1. The van der Waals surface area contributed by atoms with Crippen LogP contribution in [-0.2, 0) is 4.74 Å². The van der Waals surface area contributed by atoms with Crippen LogP contribution >= 0.6 is 11.6 Å². The third-order valence-electron chi connectivity index (χ3n) is 3.00. The van der Waals surface area contributed by atoms with Crippen LogP contribution < -0.4 is 11.2 Å². The first-order chi connectivity index (χ1) is 8.37. The van der Waals surface area contributed by atoms with Crippen molar-refractivity contribution in [2.75, 3.05) is 6.61 Å². The quantitative estimate of drug-likeness (QED) is 0.588. The Hall–Kier alpha value is -1.15. The number of aliphatic hydroxyl groups excluding tert-OH is 2. The van der Waals surface area contributed by atoms with Crippen LogP contribution in [0, 0.1) is 0 Å². The molecule has 0 spiro atoms. The fraction of sp³-hybridized carbons (Fsp3) is 0.600. The molecule has 100 valence electrons. The van der Waals surface area contributed by atoms with Crippen LogP contribution in [0.5, 0.6) is 0 Å². The molecule has 1 aliphatic rings. The van der Waals surface area contributed by atoms with Crippen molar-refractivity contribution >= 4 is 11.6 Å². The Morgan fingerprint density at radius 1 is 1.61 bits per heavy atom. The fourth-order valence-electron chi connectivity index (χ4n) is 1.97. The summed E-state index contributed by atoms with van der Waals surface area (Å²) in [5, 5.41) is 18.9. The van der Waals surface area contributed by atoms with Gasteiger partial charge in [0.05, 0.1) is 6.61 Å². The molecule has 0 aromatic carbocycles. The molecule has 0 saturated carbocycles. The number of rotatable bonds is 2. The largest absolute Gasteiger partial charge is 0.394 e. The summed E-state index contributed by atoms with van der Waals surface area (Å²) in [6, 6.07) is 1.15. The van der Waals surface area contributed by atoms with E-state index in [0.29, 0.717) is 0 Å². The van der Waals surface area contributed by atoms with Gasteiger partial charge in [0.25, 0.3) is 5.56 Å². The molecule has 1 aliphatic heterocycles.